The fourth-order valence-electron chi connectivity index (χ4n) is 2.72. The highest BCUT2D eigenvalue weighted by atomic mass is 16.5. The van der Waals surface area contributed by atoms with Gasteiger partial charge in [-0.3, -0.25) is 14.0 Å². The lowest BCUT2D eigenvalue weighted by Gasteiger charge is -2.04. The number of hydrogen-bond acceptors (Lipinski definition) is 5. The quantitative estimate of drug-likeness (QED) is 0.614. The van der Waals surface area contributed by atoms with E-state index in [0.717, 1.165) is 0 Å². The molecule has 8 heteroatoms. The summed E-state index contributed by atoms with van der Waals surface area (Å²) in [7, 11) is 1.60. The van der Waals surface area contributed by atoms with Crippen molar-refractivity contribution in [3.05, 3.63) is 65.7 Å². The summed E-state index contributed by atoms with van der Waals surface area (Å²) < 4.78 is 6.53. The maximum absolute atomic E-state index is 12.7. The smallest absolute Gasteiger partial charge is 0.292 e. The second-order valence-corrected chi connectivity index (χ2v) is 5.99. The molecule has 2 heterocycles. The Morgan fingerprint density at radius 1 is 1.21 bits per heavy atom. The molecule has 8 nitrogen and oxygen atoms in total. The monoisotopic (exact) mass is 377 g/mol. The number of imidazole rings is 1. The summed E-state index contributed by atoms with van der Waals surface area (Å²) in [4.78, 5) is 29.5. The molecule has 0 bridgehead atoms. The minimum atomic E-state index is -0.477. The number of anilines is 1. The van der Waals surface area contributed by atoms with E-state index in [0.29, 0.717) is 36.3 Å². The zero-order valence-corrected chi connectivity index (χ0v) is 15.3. The molecule has 2 N–H and O–H groups in total. The van der Waals surface area contributed by atoms with Gasteiger partial charge < -0.3 is 15.4 Å². The molecular formula is C20H19N5O3. The average Bonchev–Trinajstić information content (AvgIpc) is 3.11. The molecule has 2 amide bonds. The normalized spacial score (nSPS) is 10.4. The summed E-state index contributed by atoms with van der Waals surface area (Å²) in [5, 5.41) is 14.5. The van der Waals surface area contributed by atoms with Crippen LogP contribution in [-0.2, 0) is 4.74 Å². The van der Waals surface area contributed by atoms with Crippen LogP contribution in [-0.4, -0.2) is 41.5 Å². The minimum absolute atomic E-state index is 0.0833. The van der Waals surface area contributed by atoms with E-state index in [-0.39, 0.29) is 17.4 Å². The third kappa shape index (κ3) is 4.16. The Morgan fingerprint density at radius 3 is 2.86 bits per heavy atom. The third-order valence-corrected chi connectivity index (χ3v) is 4.03. The fraction of sp³-hybridized carbons (Fsp3) is 0.200. The second kappa shape index (κ2) is 8.79. The van der Waals surface area contributed by atoms with E-state index in [9.17, 15) is 9.59 Å². The van der Waals surface area contributed by atoms with Crippen LogP contribution >= 0.6 is 0 Å². The van der Waals surface area contributed by atoms with Crippen molar-refractivity contribution >= 4 is 23.0 Å². The van der Waals surface area contributed by atoms with Gasteiger partial charge in [-0.1, -0.05) is 12.1 Å². The predicted molar refractivity (Wildman–Crippen MR) is 103 cm³/mol. The van der Waals surface area contributed by atoms with Gasteiger partial charge in [-0.25, -0.2) is 4.98 Å². The van der Waals surface area contributed by atoms with Crippen LogP contribution in [0.25, 0.3) is 5.52 Å². The van der Waals surface area contributed by atoms with E-state index in [4.69, 9.17) is 10.00 Å². The number of nitriles is 1. The number of methoxy groups -OCH3 is 1. The van der Waals surface area contributed by atoms with Gasteiger partial charge in [-0.15, -0.1) is 0 Å². The van der Waals surface area contributed by atoms with Crippen molar-refractivity contribution in [1.82, 2.24) is 14.7 Å². The van der Waals surface area contributed by atoms with Crippen molar-refractivity contribution in [1.29, 1.82) is 5.26 Å². The Morgan fingerprint density at radius 2 is 2.07 bits per heavy atom. The Labute approximate surface area is 161 Å². The second-order valence-electron chi connectivity index (χ2n) is 5.99. The number of fused-ring (bicyclic) bond motifs is 1. The molecule has 1 aromatic carbocycles. The lowest BCUT2D eigenvalue weighted by molar-refractivity contribution is 0.0946. The van der Waals surface area contributed by atoms with Gasteiger partial charge in [0.05, 0.1) is 17.1 Å². The van der Waals surface area contributed by atoms with Gasteiger partial charge in [-0.2, -0.15) is 5.26 Å². The van der Waals surface area contributed by atoms with Gasteiger partial charge in [-0.05, 0) is 36.8 Å². The van der Waals surface area contributed by atoms with Gasteiger partial charge in [0.1, 0.15) is 0 Å². The van der Waals surface area contributed by atoms with Crippen LogP contribution in [0.1, 0.15) is 33.1 Å². The van der Waals surface area contributed by atoms with Gasteiger partial charge in [0.15, 0.2) is 5.69 Å². The summed E-state index contributed by atoms with van der Waals surface area (Å²) >= 11 is 0. The molecule has 0 saturated heterocycles. The summed E-state index contributed by atoms with van der Waals surface area (Å²) in [6.07, 6.45) is 2.35. The molecule has 0 aliphatic carbocycles. The first-order valence-electron chi connectivity index (χ1n) is 8.70. The van der Waals surface area contributed by atoms with E-state index < -0.39 is 5.91 Å². The number of pyridine rings is 1. The Balaban J connectivity index is 1.86. The number of nitrogens with one attached hydrogen (secondary N) is 2. The predicted octanol–water partition coefficient (Wildman–Crippen LogP) is 2.22. The first-order valence-corrected chi connectivity index (χ1v) is 8.70. The van der Waals surface area contributed by atoms with E-state index in [1.165, 1.54) is 0 Å². The highest BCUT2D eigenvalue weighted by molar-refractivity contribution is 6.06. The maximum atomic E-state index is 12.7. The van der Waals surface area contributed by atoms with Crippen LogP contribution in [0, 0.1) is 11.3 Å². The van der Waals surface area contributed by atoms with Crippen molar-refractivity contribution in [3.8, 4) is 6.07 Å². The van der Waals surface area contributed by atoms with Crippen LogP contribution in [0.15, 0.2) is 48.7 Å². The number of hydrogen-bond donors (Lipinski definition) is 2. The number of nitrogens with zero attached hydrogens (tertiary/aromatic N) is 3. The molecule has 0 radical (unpaired) electrons. The van der Waals surface area contributed by atoms with Crippen LogP contribution in [0.3, 0.4) is 0 Å². The maximum Gasteiger partial charge on any atom is 0.292 e. The van der Waals surface area contributed by atoms with Crippen molar-refractivity contribution in [3.63, 3.8) is 0 Å². The first kappa shape index (κ1) is 19.1. The van der Waals surface area contributed by atoms with E-state index >= 15 is 0 Å². The molecule has 0 aliphatic rings. The SMILES string of the molecule is COCCCNC(=O)c1nc(C(=O)Nc2cccc(C#N)c2)n2ccccc12. The number of benzene rings is 1. The summed E-state index contributed by atoms with van der Waals surface area (Å²) in [6, 6.07) is 13.8. The Hall–Kier alpha value is -3.70. The molecule has 0 aliphatic heterocycles. The highest BCUT2D eigenvalue weighted by Gasteiger charge is 2.21. The standard InChI is InChI=1S/C20H19N5O3/c1-28-11-5-9-22-19(26)17-16-8-2-3-10-25(16)18(24-17)20(27)23-15-7-4-6-14(12-15)13-21/h2-4,6-8,10,12H,5,9,11H2,1H3,(H,22,26)(H,23,27). The first-order chi connectivity index (χ1) is 13.6. The Kier molecular flexibility index (Phi) is 5.99. The molecule has 0 unspecified atom stereocenters. The molecular weight excluding hydrogens is 358 g/mol. The van der Waals surface area contributed by atoms with Crippen molar-refractivity contribution in [2.24, 2.45) is 0 Å². The lowest BCUT2D eigenvalue weighted by atomic mass is 10.2. The van der Waals surface area contributed by atoms with Gasteiger partial charge >= 0.3 is 0 Å². The zero-order chi connectivity index (χ0) is 19.9. The van der Waals surface area contributed by atoms with E-state index in [2.05, 4.69) is 15.6 Å². The topological polar surface area (TPSA) is 109 Å². The van der Waals surface area contributed by atoms with E-state index in [1.807, 2.05) is 6.07 Å². The summed E-state index contributed by atoms with van der Waals surface area (Å²) in [5.41, 5.74) is 1.61. The molecule has 3 aromatic rings. The third-order valence-electron chi connectivity index (χ3n) is 4.03. The van der Waals surface area contributed by atoms with Gasteiger partial charge in [0.2, 0.25) is 5.82 Å². The average molecular weight is 377 g/mol. The van der Waals surface area contributed by atoms with Crippen molar-refractivity contribution in [2.75, 3.05) is 25.6 Å². The minimum Gasteiger partial charge on any atom is -0.385 e. The van der Waals surface area contributed by atoms with Crippen molar-refractivity contribution in [2.45, 2.75) is 6.42 Å². The summed E-state index contributed by atoms with van der Waals surface area (Å²) in [5.74, 6) is -0.750. The van der Waals surface area contributed by atoms with Gasteiger partial charge in [0.25, 0.3) is 11.8 Å². The molecule has 0 spiro atoms. The number of rotatable bonds is 7. The molecule has 0 saturated carbocycles. The fourth-order valence-corrected chi connectivity index (χ4v) is 2.72. The number of aromatic nitrogens is 2. The molecule has 2 aromatic heterocycles. The summed E-state index contributed by atoms with van der Waals surface area (Å²) in [6.45, 7) is 0.987. The van der Waals surface area contributed by atoms with E-state index in [1.54, 1.807) is 60.2 Å². The molecule has 0 atom stereocenters. The number of carbonyl (C=O) groups excluding carboxylic acids is 2. The lowest BCUT2D eigenvalue weighted by Crippen LogP contribution is -2.26. The molecule has 0 fully saturated rings. The van der Waals surface area contributed by atoms with Gasteiger partial charge in [0, 0.05) is 32.1 Å². The number of amides is 2. The molecule has 28 heavy (non-hydrogen) atoms. The van der Waals surface area contributed by atoms with Crippen LogP contribution in [0.4, 0.5) is 5.69 Å². The van der Waals surface area contributed by atoms with Crippen LogP contribution < -0.4 is 10.6 Å². The molecule has 142 valence electrons. The van der Waals surface area contributed by atoms with Crippen LogP contribution in [0.2, 0.25) is 0 Å². The van der Waals surface area contributed by atoms with Crippen LogP contribution in [0.5, 0.6) is 0 Å². The molecule has 3 rings (SSSR count). The Bertz CT molecular complexity index is 1050. The largest absolute Gasteiger partial charge is 0.385 e. The number of carbonyl (C=O) groups is 2. The zero-order valence-electron chi connectivity index (χ0n) is 15.3. The highest BCUT2D eigenvalue weighted by Crippen LogP contribution is 2.16. The van der Waals surface area contributed by atoms with Crippen molar-refractivity contribution < 1.29 is 14.3 Å². The number of ether oxygens (including phenoxy) is 1.